The molecule has 0 unspecified atom stereocenters. The van der Waals surface area contributed by atoms with Crippen molar-refractivity contribution in [1.82, 2.24) is 4.98 Å². The Morgan fingerprint density at radius 1 is 1.20 bits per heavy atom. The zero-order valence-electron chi connectivity index (χ0n) is 17.3. The van der Waals surface area contributed by atoms with Crippen LogP contribution in [0.5, 0.6) is 5.88 Å². The van der Waals surface area contributed by atoms with Gasteiger partial charge in [0.2, 0.25) is 5.88 Å². The van der Waals surface area contributed by atoms with E-state index in [0.29, 0.717) is 10.9 Å². The number of thiophene rings is 1. The molecule has 0 saturated carbocycles. The summed E-state index contributed by atoms with van der Waals surface area (Å²) < 4.78 is 5.28. The van der Waals surface area contributed by atoms with Crippen LogP contribution in [0.25, 0.3) is 16.6 Å². The Balaban J connectivity index is 0.00000256. The molecule has 1 aliphatic carbocycles. The van der Waals surface area contributed by atoms with Crippen molar-refractivity contribution in [2.75, 3.05) is 12.6 Å². The molecular formula is C22H24N3O3SY-. The van der Waals surface area contributed by atoms with E-state index < -0.39 is 5.60 Å². The smallest absolute Gasteiger partial charge is 0.213 e. The number of anilines is 1. The zero-order valence-corrected chi connectivity index (χ0v) is 21.0. The molecule has 3 aromatic rings. The standard InChI is InChI=1S/C22H24N3O3S.Y/c1-22(2,26)16-12-20(29-13-16)24-28-25-21-17-6-4-5-14(17)7-8-18(21)15-9-10-23-19(11-15)27-3;/h7-13,25-26H,4-6H2,1-3H3;/q-1;. The molecule has 0 fully saturated rings. The second kappa shape index (κ2) is 9.75. The number of pyridine rings is 1. The van der Waals surface area contributed by atoms with Gasteiger partial charge in [-0.25, -0.2) is 4.98 Å². The molecule has 1 radical (unpaired) electrons. The van der Waals surface area contributed by atoms with Crippen molar-refractivity contribution >= 4 is 22.0 Å². The normalized spacial score (nSPS) is 12.8. The van der Waals surface area contributed by atoms with Crippen LogP contribution in [0, 0.1) is 0 Å². The second-order valence-corrected chi connectivity index (χ2v) is 8.47. The van der Waals surface area contributed by atoms with E-state index in [4.69, 9.17) is 9.68 Å². The molecule has 2 aromatic heterocycles. The first-order valence-electron chi connectivity index (χ1n) is 9.55. The summed E-state index contributed by atoms with van der Waals surface area (Å²) in [5, 5.41) is 12.7. The van der Waals surface area contributed by atoms with Crippen LogP contribution >= 0.6 is 11.3 Å². The minimum atomic E-state index is -0.897. The van der Waals surface area contributed by atoms with Crippen molar-refractivity contribution in [3.05, 3.63) is 64.1 Å². The van der Waals surface area contributed by atoms with Crippen LogP contribution in [-0.2, 0) is 56.1 Å². The number of benzene rings is 1. The van der Waals surface area contributed by atoms with Crippen molar-refractivity contribution in [3.63, 3.8) is 0 Å². The van der Waals surface area contributed by atoms with Gasteiger partial charge in [0.1, 0.15) is 0 Å². The molecule has 0 aliphatic heterocycles. The molecule has 6 nitrogen and oxygen atoms in total. The van der Waals surface area contributed by atoms with E-state index in [-0.39, 0.29) is 32.7 Å². The number of hydrogen-bond acceptors (Lipinski definition) is 6. The van der Waals surface area contributed by atoms with Crippen LogP contribution in [0.15, 0.2) is 41.9 Å². The van der Waals surface area contributed by atoms with Gasteiger partial charge in [-0.3, -0.25) is 5.48 Å². The number of fused-ring (bicyclic) bond motifs is 1. The van der Waals surface area contributed by atoms with Gasteiger partial charge in [-0.15, -0.1) is 0 Å². The maximum Gasteiger partial charge on any atom is 0.213 e. The number of nitrogens with zero attached hydrogens (tertiary/aromatic N) is 2. The third kappa shape index (κ3) is 5.03. The Morgan fingerprint density at radius 2 is 2.03 bits per heavy atom. The molecule has 8 heteroatoms. The Kier molecular flexibility index (Phi) is 7.53. The average Bonchev–Trinajstić information content (AvgIpc) is 3.37. The van der Waals surface area contributed by atoms with Crippen LogP contribution in [0.4, 0.5) is 10.7 Å². The molecule has 0 saturated heterocycles. The van der Waals surface area contributed by atoms with Crippen LogP contribution < -0.4 is 10.2 Å². The third-order valence-electron chi connectivity index (χ3n) is 5.11. The molecule has 4 rings (SSSR count). The monoisotopic (exact) mass is 499 g/mol. The number of aromatic nitrogens is 1. The van der Waals surface area contributed by atoms with E-state index in [1.807, 2.05) is 23.6 Å². The minimum Gasteiger partial charge on any atom is -0.527 e. The first-order chi connectivity index (χ1) is 14.0. The topological polar surface area (TPSA) is 77.7 Å². The van der Waals surface area contributed by atoms with Gasteiger partial charge in [0.15, 0.2) is 0 Å². The SMILES string of the molecule is COc1cc(-c2ccc3c(c2NO[N-]c2cc(C(C)(C)O)cs2)CCC3)ccn1.[Y]. The van der Waals surface area contributed by atoms with Gasteiger partial charge >= 0.3 is 0 Å². The summed E-state index contributed by atoms with van der Waals surface area (Å²) in [6.07, 6.45) is 4.93. The van der Waals surface area contributed by atoms with Gasteiger partial charge in [-0.05, 0) is 66.8 Å². The predicted octanol–water partition coefficient (Wildman–Crippen LogP) is 5.50. The molecule has 0 spiro atoms. The van der Waals surface area contributed by atoms with Crippen molar-refractivity contribution in [2.24, 2.45) is 0 Å². The summed E-state index contributed by atoms with van der Waals surface area (Å²) in [6.45, 7) is 3.50. The molecule has 30 heavy (non-hydrogen) atoms. The Morgan fingerprint density at radius 3 is 2.77 bits per heavy atom. The summed E-state index contributed by atoms with van der Waals surface area (Å²) in [4.78, 5) is 9.73. The number of rotatable bonds is 7. The Hall–Kier alpha value is -1.51. The van der Waals surface area contributed by atoms with Gasteiger partial charge < -0.3 is 20.3 Å². The van der Waals surface area contributed by atoms with Gasteiger partial charge in [0.05, 0.1) is 18.4 Å². The first-order valence-corrected chi connectivity index (χ1v) is 10.4. The Labute approximate surface area is 205 Å². The van der Waals surface area contributed by atoms with E-state index in [1.165, 1.54) is 22.5 Å². The number of nitrogens with one attached hydrogen (secondary N) is 1. The molecule has 0 atom stereocenters. The minimum absolute atomic E-state index is 0. The first kappa shape index (κ1) is 23.2. The van der Waals surface area contributed by atoms with Crippen molar-refractivity contribution in [3.8, 4) is 17.0 Å². The molecule has 1 aromatic carbocycles. The van der Waals surface area contributed by atoms with Crippen molar-refractivity contribution in [1.29, 1.82) is 0 Å². The van der Waals surface area contributed by atoms with Crippen LogP contribution in [0.1, 0.15) is 37.0 Å². The van der Waals surface area contributed by atoms with Gasteiger partial charge in [-0.1, -0.05) is 23.2 Å². The Bertz CT molecular complexity index is 1020. The van der Waals surface area contributed by atoms with E-state index >= 15 is 0 Å². The summed E-state index contributed by atoms with van der Waals surface area (Å²) in [5.41, 5.74) is 12.7. The maximum absolute atomic E-state index is 10.1. The maximum atomic E-state index is 10.1. The average molecular weight is 499 g/mol. The van der Waals surface area contributed by atoms with E-state index in [2.05, 4.69) is 28.1 Å². The fourth-order valence-electron chi connectivity index (χ4n) is 3.52. The van der Waals surface area contributed by atoms with Gasteiger partial charge in [0, 0.05) is 50.5 Å². The zero-order chi connectivity index (χ0) is 20.4. The fraction of sp³-hybridized carbons (Fsp3) is 0.318. The number of hydrogen-bond donors (Lipinski definition) is 2. The van der Waals surface area contributed by atoms with E-state index in [1.54, 1.807) is 27.2 Å². The largest absolute Gasteiger partial charge is 0.527 e. The summed E-state index contributed by atoms with van der Waals surface area (Å²) in [5.74, 6) is 0.567. The molecule has 0 amide bonds. The molecule has 155 valence electrons. The molecular weight excluding hydrogens is 475 g/mol. The number of aryl methyl sites for hydroxylation is 1. The van der Waals surface area contributed by atoms with Gasteiger partial charge in [0.25, 0.3) is 0 Å². The molecule has 0 bridgehead atoms. The predicted molar refractivity (Wildman–Crippen MR) is 116 cm³/mol. The molecule has 1 aliphatic rings. The van der Waals surface area contributed by atoms with Crippen LogP contribution in [0.2, 0.25) is 0 Å². The van der Waals surface area contributed by atoms with Crippen molar-refractivity contribution < 1.29 is 47.5 Å². The molecule has 2 N–H and O–H groups in total. The van der Waals surface area contributed by atoms with Crippen molar-refractivity contribution in [2.45, 2.75) is 38.7 Å². The van der Waals surface area contributed by atoms with Crippen LogP contribution in [0.3, 0.4) is 0 Å². The summed E-state index contributed by atoms with van der Waals surface area (Å²) >= 11 is 1.43. The number of aliphatic hydroxyl groups is 1. The fourth-order valence-corrected chi connectivity index (χ4v) is 4.40. The molecule has 2 heterocycles. The van der Waals surface area contributed by atoms with E-state index in [0.717, 1.165) is 41.6 Å². The quantitative estimate of drug-likeness (QED) is 0.420. The van der Waals surface area contributed by atoms with E-state index in [9.17, 15) is 5.11 Å². The third-order valence-corrected chi connectivity index (χ3v) is 5.92. The van der Waals surface area contributed by atoms with Gasteiger partial charge in [-0.2, -0.15) is 11.3 Å². The number of methoxy groups -OCH3 is 1. The number of ether oxygens (including phenoxy) is 1. The second-order valence-electron chi connectivity index (χ2n) is 7.58. The summed E-state index contributed by atoms with van der Waals surface area (Å²) in [6, 6.07) is 9.98. The summed E-state index contributed by atoms with van der Waals surface area (Å²) in [7, 11) is 1.61. The van der Waals surface area contributed by atoms with Crippen LogP contribution in [-0.4, -0.2) is 17.2 Å².